The molecule has 2 aromatic carbocycles. The summed E-state index contributed by atoms with van der Waals surface area (Å²) in [4.78, 5) is 37.5. The lowest BCUT2D eigenvalue weighted by molar-refractivity contribution is -0.130. The summed E-state index contributed by atoms with van der Waals surface area (Å²) >= 11 is 0. The zero-order valence-electron chi connectivity index (χ0n) is 14.8. The van der Waals surface area contributed by atoms with E-state index < -0.39 is 24.2 Å². The van der Waals surface area contributed by atoms with Gasteiger partial charge in [0, 0.05) is 0 Å². The monoisotopic (exact) mass is 387 g/mol. The lowest BCUT2D eigenvalue weighted by Crippen LogP contribution is -2.49. The molecule has 2 N–H and O–H groups in total. The number of anilines is 1. The van der Waals surface area contributed by atoms with Gasteiger partial charge in [-0.05, 0) is 24.3 Å². The Balaban J connectivity index is 1.52. The summed E-state index contributed by atoms with van der Waals surface area (Å²) in [7, 11) is 0. The summed E-state index contributed by atoms with van der Waals surface area (Å²) in [5, 5.41) is 0. The van der Waals surface area contributed by atoms with Crippen molar-refractivity contribution in [1.82, 2.24) is 10.9 Å². The lowest BCUT2D eigenvalue weighted by atomic mass is 10.2. The van der Waals surface area contributed by atoms with E-state index >= 15 is 0 Å². The molecule has 3 rings (SSSR count). The highest BCUT2D eigenvalue weighted by Gasteiger charge is 2.25. The second-order valence-electron chi connectivity index (χ2n) is 5.86. The minimum absolute atomic E-state index is 0.0734. The van der Waals surface area contributed by atoms with Crippen molar-refractivity contribution in [2.45, 2.75) is 6.42 Å². The summed E-state index contributed by atoms with van der Waals surface area (Å²) in [5.41, 5.74) is 4.85. The SMILES string of the molecule is O=C(COc1ccccc1F)NNC(=O)CN1C(=O)CCOc2ccccc21. The molecule has 0 fully saturated rings. The molecule has 8 nitrogen and oxygen atoms in total. The summed E-state index contributed by atoms with van der Waals surface area (Å²) in [6, 6.07) is 12.5. The van der Waals surface area contributed by atoms with E-state index in [1.165, 1.54) is 23.1 Å². The third-order valence-electron chi connectivity index (χ3n) is 3.87. The van der Waals surface area contributed by atoms with Gasteiger partial charge in [0.1, 0.15) is 12.3 Å². The number of fused-ring (bicyclic) bond motifs is 1. The van der Waals surface area contributed by atoms with Crippen LogP contribution in [-0.2, 0) is 14.4 Å². The van der Waals surface area contributed by atoms with Crippen molar-refractivity contribution in [2.24, 2.45) is 0 Å². The predicted octanol–water partition coefficient (Wildman–Crippen LogP) is 1.17. The van der Waals surface area contributed by atoms with Gasteiger partial charge >= 0.3 is 0 Å². The molecule has 0 saturated heterocycles. The number of para-hydroxylation sites is 3. The van der Waals surface area contributed by atoms with E-state index in [4.69, 9.17) is 9.47 Å². The molecule has 3 amide bonds. The van der Waals surface area contributed by atoms with E-state index in [1.807, 2.05) is 0 Å². The van der Waals surface area contributed by atoms with Crippen LogP contribution in [0.4, 0.5) is 10.1 Å². The van der Waals surface area contributed by atoms with E-state index in [0.29, 0.717) is 11.4 Å². The van der Waals surface area contributed by atoms with Gasteiger partial charge < -0.3 is 9.47 Å². The van der Waals surface area contributed by atoms with Crippen molar-refractivity contribution in [1.29, 1.82) is 0 Å². The highest BCUT2D eigenvalue weighted by atomic mass is 19.1. The number of hydrogen-bond donors (Lipinski definition) is 2. The van der Waals surface area contributed by atoms with Crippen molar-refractivity contribution in [3.63, 3.8) is 0 Å². The number of rotatable bonds is 5. The summed E-state index contributed by atoms with van der Waals surface area (Å²) in [5.74, 6) is -1.72. The second-order valence-corrected chi connectivity index (χ2v) is 5.86. The Bertz CT molecular complexity index is 889. The van der Waals surface area contributed by atoms with Gasteiger partial charge in [0.25, 0.3) is 11.8 Å². The number of hydrogen-bond acceptors (Lipinski definition) is 5. The third kappa shape index (κ3) is 4.76. The van der Waals surface area contributed by atoms with Crippen LogP contribution in [0.2, 0.25) is 0 Å². The number of ether oxygens (including phenoxy) is 2. The topological polar surface area (TPSA) is 97.0 Å². The fourth-order valence-electron chi connectivity index (χ4n) is 2.56. The van der Waals surface area contributed by atoms with Crippen LogP contribution in [0.5, 0.6) is 11.5 Å². The van der Waals surface area contributed by atoms with Gasteiger partial charge in [0.05, 0.1) is 18.7 Å². The molecule has 2 aromatic rings. The number of amides is 3. The number of hydrazine groups is 1. The molecule has 0 saturated carbocycles. The van der Waals surface area contributed by atoms with E-state index in [-0.39, 0.29) is 31.2 Å². The van der Waals surface area contributed by atoms with Crippen molar-refractivity contribution < 1.29 is 28.2 Å². The number of nitrogens with one attached hydrogen (secondary N) is 2. The minimum atomic E-state index is -0.678. The zero-order chi connectivity index (χ0) is 19.9. The van der Waals surface area contributed by atoms with Crippen LogP contribution >= 0.6 is 0 Å². The quantitative estimate of drug-likeness (QED) is 0.751. The van der Waals surface area contributed by atoms with E-state index in [1.54, 1.807) is 30.3 Å². The molecule has 0 radical (unpaired) electrons. The Morgan fingerprint density at radius 2 is 1.79 bits per heavy atom. The number of halogens is 1. The van der Waals surface area contributed by atoms with Crippen LogP contribution < -0.4 is 25.2 Å². The van der Waals surface area contributed by atoms with Crippen LogP contribution in [0.3, 0.4) is 0 Å². The van der Waals surface area contributed by atoms with Crippen molar-refractivity contribution >= 4 is 23.4 Å². The van der Waals surface area contributed by atoms with E-state index in [0.717, 1.165) is 0 Å². The molecule has 0 bridgehead atoms. The lowest BCUT2D eigenvalue weighted by Gasteiger charge is -2.21. The molecule has 0 spiro atoms. The van der Waals surface area contributed by atoms with Gasteiger partial charge in [-0.2, -0.15) is 0 Å². The van der Waals surface area contributed by atoms with Gasteiger partial charge in [-0.3, -0.25) is 30.1 Å². The Labute approximate surface area is 160 Å². The summed E-state index contributed by atoms with van der Waals surface area (Å²) < 4.78 is 24.0. The maximum Gasteiger partial charge on any atom is 0.276 e. The first-order valence-electron chi connectivity index (χ1n) is 8.52. The van der Waals surface area contributed by atoms with Crippen LogP contribution in [0.1, 0.15) is 6.42 Å². The van der Waals surface area contributed by atoms with E-state index in [9.17, 15) is 18.8 Å². The first kappa shape index (κ1) is 19.2. The fourth-order valence-corrected chi connectivity index (χ4v) is 2.56. The Kier molecular flexibility index (Phi) is 6.05. The first-order valence-corrected chi connectivity index (χ1v) is 8.52. The van der Waals surface area contributed by atoms with Gasteiger partial charge in [-0.25, -0.2) is 4.39 Å². The number of benzene rings is 2. The molecule has 1 aliphatic rings. The number of carbonyl (C=O) groups excluding carboxylic acids is 3. The maximum absolute atomic E-state index is 13.4. The van der Waals surface area contributed by atoms with Gasteiger partial charge in [-0.1, -0.05) is 24.3 Å². The number of nitrogens with zero attached hydrogens (tertiary/aromatic N) is 1. The molecule has 1 aliphatic heterocycles. The highest BCUT2D eigenvalue weighted by Crippen LogP contribution is 2.30. The molecule has 0 atom stereocenters. The van der Waals surface area contributed by atoms with Gasteiger partial charge in [-0.15, -0.1) is 0 Å². The Hall–Kier alpha value is -3.62. The van der Waals surface area contributed by atoms with E-state index in [2.05, 4.69) is 10.9 Å². The predicted molar refractivity (Wildman–Crippen MR) is 97.1 cm³/mol. The molecular formula is C19H18FN3O5. The minimum Gasteiger partial charge on any atom is -0.491 e. The first-order chi connectivity index (χ1) is 13.5. The number of carbonyl (C=O) groups is 3. The maximum atomic E-state index is 13.4. The zero-order valence-corrected chi connectivity index (χ0v) is 14.8. The average Bonchev–Trinajstić information content (AvgIpc) is 2.85. The Morgan fingerprint density at radius 3 is 2.61 bits per heavy atom. The molecule has 1 heterocycles. The fraction of sp³-hybridized carbons (Fsp3) is 0.211. The molecular weight excluding hydrogens is 369 g/mol. The highest BCUT2D eigenvalue weighted by molar-refractivity contribution is 6.00. The standard InChI is InChI=1S/C19H18FN3O5/c20-13-5-1-3-7-15(13)28-12-18(25)22-21-17(24)11-23-14-6-2-4-8-16(14)27-10-9-19(23)26/h1-8H,9-12H2,(H,21,24)(H,22,25). The molecule has 0 aliphatic carbocycles. The van der Waals surface area contributed by atoms with Gasteiger partial charge in [0.2, 0.25) is 5.91 Å². The van der Waals surface area contributed by atoms with Crippen LogP contribution in [0, 0.1) is 5.82 Å². The summed E-state index contributed by atoms with van der Waals surface area (Å²) in [6.07, 6.45) is 0.130. The van der Waals surface area contributed by atoms with Crippen LogP contribution in [-0.4, -0.2) is 37.5 Å². The van der Waals surface area contributed by atoms with Crippen LogP contribution in [0.25, 0.3) is 0 Å². The van der Waals surface area contributed by atoms with Crippen molar-refractivity contribution in [3.05, 3.63) is 54.3 Å². The Morgan fingerprint density at radius 1 is 1.07 bits per heavy atom. The second kappa shape index (κ2) is 8.85. The largest absolute Gasteiger partial charge is 0.491 e. The summed E-state index contributed by atoms with van der Waals surface area (Å²) in [6.45, 7) is -0.563. The van der Waals surface area contributed by atoms with Crippen molar-refractivity contribution in [3.8, 4) is 11.5 Å². The molecule has 28 heavy (non-hydrogen) atoms. The molecule has 0 aromatic heterocycles. The smallest absolute Gasteiger partial charge is 0.276 e. The third-order valence-corrected chi connectivity index (χ3v) is 3.87. The average molecular weight is 387 g/mol. The van der Waals surface area contributed by atoms with Crippen LogP contribution in [0.15, 0.2) is 48.5 Å². The molecule has 9 heteroatoms. The van der Waals surface area contributed by atoms with Gasteiger partial charge in [0.15, 0.2) is 18.2 Å². The van der Waals surface area contributed by atoms with Crippen molar-refractivity contribution in [2.75, 3.05) is 24.7 Å². The normalized spacial score (nSPS) is 13.0. The molecule has 0 unspecified atom stereocenters. The molecule has 146 valence electrons.